The van der Waals surface area contributed by atoms with E-state index in [9.17, 15) is 0 Å². The third-order valence-electron chi connectivity index (χ3n) is 13.1. The summed E-state index contributed by atoms with van der Waals surface area (Å²) in [5.41, 5.74) is 16.8. The second-order valence-electron chi connectivity index (χ2n) is 16.7. The molecule has 13 aromatic rings. The van der Waals surface area contributed by atoms with Crippen molar-refractivity contribution in [2.75, 3.05) is 0 Å². The molecular weight excluding hydrogens is 791 g/mol. The number of hydrogen-bond donors (Lipinski definition) is 0. The van der Waals surface area contributed by atoms with E-state index in [2.05, 4.69) is 214 Å². The number of benzene rings is 10. The highest BCUT2D eigenvalue weighted by atomic mass is 16.3. The lowest BCUT2D eigenvalue weighted by Crippen LogP contribution is -2.04. The average molecular weight is 828 g/mol. The van der Waals surface area contributed by atoms with Gasteiger partial charge < -0.3 is 13.6 Å². The monoisotopic (exact) mass is 827 g/mol. The molecule has 13 rings (SSSR count). The highest BCUT2D eigenvalue weighted by Crippen LogP contribution is 2.48. The zero-order valence-electron chi connectivity index (χ0n) is 35.1. The van der Waals surface area contributed by atoms with E-state index >= 15 is 0 Å². The summed E-state index contributed by atoms with van der Waals surface area (Å²) in [5.74, 6) is 0. The van der Waals surface area contributed by atoms with Gasteiger partial charge in [0.25, 0.3) is 0 Å². The predicted molar refractivity (Wildman–Crippen MR) is 270 cm³/mol. The second-order valence-corrected chi connectivity index (χ2v) is 16.7. The lowest BCUT2D eigenvalue weighted by molar-refractivity contribution is 0.666. The molecule has 0 spiro atoms. The molecule has 3 aromatic heterocycles. The van der Waals surface area contributed by atoms with Crippen LogP contribution in [-0.2, 0) is 0 Å². The summed E-state index contributed by atoms with van der Waals surface area (Å²) < 4.78 is 11.7. The summed E-state index contributed by atoms with van der Waals surface area (Å²) >= 11 is 0. The van der Waals surface area contributed by atoms with Gasteiger partial charge in [-0.1, -0.05) is 164 Å². The minimum atomic E-state index is 0.536. The number of fused-ring (bicyclic) bond motifs is 9. The Morgan fingerprint density at radius 3 is 1.05 bits per heavy atom. The Balaban J connectivity index is 1.19. The Bertz CT molecular complexity index is 3850. The van der Waals surface area contributed by atoms with E-state index in [1.807, 2.05) is 24.3 Å². The molecule has 65 heavy (non-hydrogen) atoms. The maximum Gasteiger partial charge on any atom is 0.213 e. The molecule has 0 aliphatic heterocycles. The van der Waals surface area contributed by atoms with Gasteiger partial charge >= 0.3 is 0 Å². The number of aromatic nitrogens is 2. The smallest absolute Gasteiger partial charge is 0.213 e. The molecule has 4 nitrogen and oxygen atoms in total. The summed E-state index contributed by atoms with van der Waals surface area (Å²) in [5, 5.41) is 6.32. The lowest BCUT2D eigenvalue weighted by atomic mass is 10.0. The molecular formula is C61H37N3O. The molecule has 0 N–H and O–H groups in total. The molecule has 0 unspecified atom stereocenters. The molecule has 0 radical (unpaired) electrons. The first kappa shape index (κ1) is 36.7. The number of rotatable bonds is 6. The van der Waals surface area contributed by atoms with Gasteiger partial charge in [-0.3, -0.25) is 0 Å². The molecule has 0 saturated carbocycles. The van der Waals surface area contributed by atoms with E-state index in [0.29, 0.717) is 5.69 Å². The Morgan fingerprint density at radius 2 is 0.662 bits per heavy atom. The first-order valence-corrected chi connectivity index (χ1v) is 21.9. The van der Waals surface area contributed by atoms with Crippen LogP contribution in [0.5, 0.6) is 0 Å². The maximum absolute atomic E-state index is 9.00. The van der Waals surface area contributed by atoms with Crippen LogP contribution in [0, 0.1) is 6.57 Å². The van der Waals surface area contributed by atoms with Crippen molar-refractivity contribution in [2.24, 2.45) is 0 Å². The SMILES string of the molecule is [C-]#[N+]c1cc2c(oc3ccccc32)c(-n2c3ccc(-c4ccccc4)cc3c3cc(-c4ccccc4)ccc32)c1-n1c2ccc(-c3ccccc3)cc2c2cc(-c3ccccc3)ccc21. The summed E-state index contributed by atoms with van der Waals surface area (Å²) in [6.45, 7) is 9.00. The van der Waals surface area contributed by atoms with Crippen LogP contribution in [0.25, 0.3) is 126 Å². The molecule has 0 aliphatic rings. The van der Waals surface area contributed by atoms with Crippen molar-refractivity contribution in [1.29, 1.82) is 0 Å². The summed E-state index contributed by atoms with van der Waals surface area (Å²) in [6, 6.07) is 79.5. The van der Waals surface area contributed by atoms with Crippen molar-refractivity contribution in [2.45, 2.75) is 0 Å². The van der Waals surface area contributed by atoms with Gasteiger partial charge in [0, 0.05) is 32.3 Å². The van der Waals surface area contributed by atoms with Crippen LogP contribution in [0.3, 0.4) is 0 Å². The van der Waals surface area contributed by atoms with Crippen molar-refractivity contribution < 1.29 is 4.42 Å². The molecule has 3 heterocycles. The highest BCUT2D eigenvalue weighted by molar-refractivity contribution is 6.18. The zero-order valence-corrected chi connectivity index (χ0v) is 35.1. The van der Waals surface area contributed by atoms with Crippen molar-refractivity contribution in [3.63, 3.8) is 0 Å². The van der Waals surface area contributed by atoms with E-state index in [-0.39, 0.29) is 0 Å². The predicted octanol–water partition coefficient (Wildman–Crippen LogP) is 17.0. The van der Waals surface area contributed by atoms with Gasteiger partial charge in [0.1, 0.15) is 11.3 Å². The van der Waals surface area contributed by atoms with Gasteiger partial charge in [-0.05, 0) is 105 Å². The molecule has 0 aliphatic carbocycles. The van der Waals surface area contributed by atoms with E-state index < -0.39 is 0 Å². The lowest BCUT2D eigenvalue weighted by Gasteiger charge is -2.19. The Labute approximate surface area is 374 Å². The van der Waals surface area contributed by atoms with Crippen LogP contribution >= 0.6 is 0 Å². The number of para-hydroxylation sites is 1. The fourth-order valence-electron chi connectivity index (χ4n) is 10.1. The number of furan rings is 1. The van der Waals surface area contributed by atoms with Crippen molar-refractivity contribution in [3.8, 4) is 55.9 Å². The second kappa shape index (κ2) is 14.6. The third-order valence-corrected chi connectivity index (χ3v) is 13.1. The Morgan fingerprint density at radius 1 is 0.308 bits per heavy atom. The Hall–Kier alpha value is -8.91. The van der Waals surface area contributed by atoms with Gasteiger partial charge in [0.15, 0.2) is 5.58 Å². The van der Waals surface area contributed by atoms with Crippen LogP contribution in [0.4, 0.5) is 5.69 Å². The van der Waals surface area contributed by atoms with Gasteiger partial charge in [-0.15, -0.1) is 0 Å². The summed E-state index contributed by atoms with van der Waals surface area (Å²) in [7, 11) is 0. The largest absolute Gasteiger partial charge is 0.454 e. The molecule has 0 saturated heterocycles. The van der Waals surface area contributed by atoms with Crippen molar-refractivity contribution in [1.82, 2.24) is 9.13 Å². The molecule has 10 aromatic carbocycles. The minimum absolute atomic E-state index is 0.536. The van der Waals surface area contributed by atoms with Crippen LogP contribution in [0.1, 0.15) is 0 Å². The summed E-state index contributed by atoms with van der Waals surface area (Å²) in [4.78, 5) is 4.42. The average Bonchev–Trinajstić information content (AvgIpc) is 4.03. The standard InChI is InChI=1S/C61H37N3O/c1-62-53-38-52-47-24-14-15-25-58(47)65-61(52)60(64-56-32-28-45(41-20-10-4-11-21-41)36-50(56)51-37-46(29-33-57(51)64)42-22-12-5-13-23-42)59(53)63-54-30-26-43(39-16-6-2-7-17-39)34-48(54)49-35-44(27-31-55(49)63)40-18-8-3-9-19-40/h2-38H. The normalized spacial score (nSPS) is 11.7. The number of hydrogen-bond acceptors (Lipinski definition) is 1. The first-order chi connectivity index (χ1) is 32.2. The number of nitrogens with zero attached hydrogens (tertiary/aromatic N) is 3. The third kappa shape index (κ3) is 5.77. The van der Waals surface area contributed by atoms with Crippen LogP contribution in [0.2, 0.25) is 0 Å². The van der Waals surface area contributed by atoms with E-state index in [4.69, 9.17) is 11.0 Å². The van der Waals surface area contributed by atoms with Gasteiger partial charge in [0.2, 0.25) is 5.69 Å². The molecule has 0 atom stereocenters. The molecule has 0 bridgehead atoms. The van der Waals surface area contributed by atoms with E-state index in [0.717, 1.165) is 121 Å². The van der Waals surface area contributed by atoms with Crippen molar-refractivity contribution >= 4 is 71.2 Å². The van der Waals surface area contributed by atoms with Gasteiger partial charge in [-0.25, -0.2) is 4.85 Å². The van der Waals surface area contributed by atoms with Crippen LogP contribution in [0.15, 0.2) is 229 Å². The maximum atomic E-state index is 9.00. The zero-order chi connectivity index (χ0) is 43.0. The molecule has 0 amide bonds. The fraction of sp³-hybridized carbons (Fsp3) is 0. The topological polar surface area (TPSA) is 27.4 Å². The van der Waals surface area contributed by atoms with Crippen LogP contribution in [-0.4, -0.2) is 9.13 Å². The van der Waals surface area contributed by atoms with Crippen LogP contribution < -0.4 is 0 Å². The summed E-state index contributed by atoms with van der Waals surface area (Å²) in [6.07, 6.45) is 0. The van der Waals surface area contributed by atoms with E-state index in [1.165, 1.54) is 0 Å². The molecule has 302 valence electrons. The Kier molecular flexibility index (Phi) is 8.24. The van der Waals surface area contributed by atoms with E-state index in [1.54, 1.807) is 0 Å². The minimum Gasteiger partial charge on any atom is -0.454 e. The molecule has 4 heteroatoms. The van der Waals surface area contributed by atoms with Gasteiger partial charge in [-0.2, -0.15) is 0 Å². The molecule has 0 fully saturated rings. The first-order valence-electron chi connectivity index (χ1n) is 21.9. The fourth-order valence-corrected chi connectivity index (χ4v) is 10.1. The van der Waals surface area contributed by atoms with Gasteiger partial charge in [0.05, 0.1) is 34.3 Å². The van der Waals surface area contributed by atoms with Crippen molar-refractivity contribution in [3.05, 3.63) is 236 Å². The highest BCUT2D eigenvalue weighted by Gasteiger charge is 2.28. The quantitative estimate of drug-likeness (QED) is 0.153.